The molecule has 0 bridgehead atoms. The number of benzene rings is 2. The highest BCUT2D eigenvalue weighted by molar-refractivity contribution is 7.08. The monoisotopic (exact) mass is 408 g/mol. The van der Waals surface area contributed by atoms with Gasteiger partial charge in [0.2, 0.25) is 0 Å². The summed E-state index contributed by atoms with van der Waals surface area (Å²) in [6.07, 6.45) is 5.41. The molecule has 5 heteroatoms. The second-order valence-electron chi connectivity index (χ2n) is 6.99. The van der Waals surface area contributed by atoms with Crippen LogP contribution in [-0.4, -0.2) is 21.4 Å². The second-order valence-corrected chi connectivity index (χ2v) is 7.77. The van der Waals surface area contributed by atoms with Gasteiger partial charge < -0.3 is 4.98 Å². The van der Waals surface area contributed by atoms with Crippen LogP contribution in [0.1, 0.15) is 12.5 Å². The zero-order chi connectivity index (χ0) is 20.5. The van der Waals surface area contributed by atoms with Crippen molar-refractivity contribution >= 4 is 44.9 Å². The van der Waals surface area contributed by atoms with Gasteiger partial charge in [-0.25, -0.2) is 0 Å². The van der Waals surface area contributed by atoms with E-state index in [0.717, 1.165) is 38.9 Å². The number of fused-ring (bicyclic) bond motifs is 2. The summed E-state index contributed by atoms with van der Waals surface area (Å²) in [6.45, 7) is 5.83. The van der Waals surface area contributed by atoms with E-state index < -0.39 is 0 Å². The van der Waals surface area contributed by atoms with Gasteiger partial charge in [0, 0.05) is 28.7 Å². The van der Waals surface area contributed by atoms with Crippen LogP contribution < -0.4 is 0 Å². The minimum Gasteiger partial charge on any atom is -0.353 e. The molecular weight excluding hydrogens is 388 g/mol. The third kappa shape index (κ3) is 3.09. The second kappa shape index (κ2) is 7.61. The zero-order valence-electron chi connectivity index (χ0n) is 16.5. The van der Waals surface area contributed by atoms with E-state index in [1.54, 1.807) is 17.6 Å². The topological polar surface area (TPSA) is 56.8 Å². The Bertz CT molecular complexity index is 1410. The smallest absolute Gasteiger partial charge is 0.116 e. The highest BCUT2D eigenvalue weighted by atomic mass is 32.1. The van der Waals surface area contributed by atoms with E-state index in [-0.39, 0.29) is 0 Å². The van der Waals surface area contributed by atoms with Gasteiger partial charge in [-0.3, -0.25) is 10.1 Å². The Hall–Kier alpha value is -3.70. The van der Waals surface area contributed by atoms with Crippen molar-refractivity contribution in [2.75, 3.05) is 0 Å². The summed E-state index contributed by atoms with van der Waals surface area (Å²) in [5.74, 6) is 0. The van der Waals surface area contributed by atoms with Gasteiger partial charge in [0.05, 0.1) is 11.2 Å². The molecule has 30 heavy (non-hydrogen) atoms. The number of allylic oxidation sites excluding steroid dienone is 2. The summed E-state index contributed by atoms with van der Waals surface area (Å²) in [5, 5.41) is 14.3. The first-order valence-corrected chi connectivity index (χ1v) is 10.7. The fraction of sp³-hybridized carbons (Fsp3) is 0.0400. The lowest BCUT2D eigenvalue weighted by molar-refractivity contribution is 1.12. The van der Waals surface area contributed by atoms with Crippen LogP contribution in [0.2, 0.25) is 0 Å². The van der Waals surface area contributed by atoms with E-state index in [0.29, 0.717) is 0 Å². The first-order valence-electron chi connectivity index (χ1n) is 9.72. The van der Waals surface area contributed by atoms with Gasteiger partial charge in [-0.15, -0.1) is 0 Å². The van der Waals surface area contributed by atoms with E-state index in [2.05, 4.69) is 80.0 Å². The summed E-state index contributed by atoms with van der Waals surface area (Å²) >= 11 is 1.71. The third-order valence-corrected chi connectivity index (χ3v) is 5.91. The molecule has 2 N–H and O–H groups in total. The van der Waals surface area contributed by atoms with Gasteiger partial charge in [-0.2, -0.15) is 16.4 Å². The van der Waals surface area contributed by atoms with E-state index in [4.69, 9.17) is 0 Å². The number of aromatic nitrogens is 3. The van der Waals surface area contributed by atoms with E-state index in [9.17, 15) is 0 Å². The van der Waals surface area contributed by atoms with Crippen molar-refractivity contribution in [2.45, 2.75) is 6.92 Å². The number of hydrogen-bond acceptors (Lipinski definition) is 3. The molecule has 4 nitrogen and oxygen atoms in total. The lowest BCUT2D eigenvalue weighted by atomic mass is 10.0. The van der Waals surface area contributed by atoms with Crippen molar-refractivity contribution in [3.8, 4) is 22.5 Å². The molecule has 0 aliphatic heterocycles. The van der Waals surface area contributed by atoms with Gasteiger partial charge in [-0.05, 0) is 70.3 Å². The van der Waals surface area contributed by atoms with Gasteiger partial charge in [0.25, 0.3) is 0 Å². The van der Waals surface area contributed by atoms with Gasteiger partial charge in [0.15, 0.2) is 0 Å². The van der Waals surface area contributed by atoms with Crippen LogP contribution in [0.4, 0.5) is 0 Å². The van der Waals surface area contributed by atoms with Gasteiger partial charge in [-0.1, -0.05) is 30.9 Å². The fourth-order valence-corrected chi connectivity index (χ4v) is 4.41. The number of hydrogen-bond donors (Lipinski definition) is 2. The Balaban J connectivity index is 1.66. The highest BCUT2D eigenvalue weighted by Crippen LogP contribution is 2.35. The molecule has 0 atom stereocenters. The number of aromatic amines is 2. The van der Waals surface area contributed by atoms with Crippen LogP contribution in [0, 0.1) is 0 Å². The maximum atomic E-state index is 4.61. The first kappa shape index (κ1) is 18.3. The van der Waals surface area contributed by atoms with Crippen molar-refractivity contribution in [1.29, 1.82) is 0 Å². The van der Waals surface area contributed by atoms with Crippen LogP contribution in [0.5, 0.6) is 0 Å². The van der Waals surface area contributed by atoms with Crippen LogP contribution in [-0.2, 0) is 0 Å². The van der Waals surface area contributed by atoms with Crippen LogP contribution in [0.3, 0.4) is 0 Å². The van der Waals surface area contributed by atoms with E-state index in [1.165, 1.54) is 16.5 Å². The Morgan fingerprint density at radius 2 is 2.03 bits per heavy atom. The molecule has 2 aromatic carbocycles. The Morgan fingerprint density at radius 3 is 2.83 bits per heavy atom. The van der Waals surface area contributed by atoms with Crippen LogP contribution in [0.25, 0.3) is 49.9 Å². The molecule has 0 aliphatic carbocycles. The lowest BCUT2D eigenvalue weighted by Crippen LogP contribution is -1.82. The minimum absolute atomic E-state index is 0.904. The Kier molecular flexibility index (Phi) is 4.65. The van der Waals surface area contributed by atoms with Crippen LogP contribution in [0.15, 0.2) is 83.1 Å². The fourth-order valence-electron chi connectivity index (χ4n) is 3.75. The molecule has 0 spiro atoms. The van der Waals surface area contributed by atoms with Crippen molar-refractivity contribution in [3.05, 3.63) is 83.7 Å². The number of nitrogens with zero attached hydrogens (tertiary/aromatic N) is 2. The van der Waals surface area contributed by atoms with E-state index in [1.807, 2.05) is 25.3 Å². The molecule has 0 radical (unpaired) electrons. The molecule has 3 aromatic heterocycles. The lowest BCUT2D eigenvalue weighted by Gasteiger charge is -2.02. The normalized spacial score (nSPS) is 12.4. The molecule has 0 fully saturated rings. The number of nitrogens with one attached hydrogen (secondary N) is 2. The number of aliphatic imine (C=N–C) groups is 1. The molecule has 5 rings (SSSR count). The number of H-pyrrole nitrogens is 2. The minimum atomic E-state index is 0.904. The predicted octanol–water partition coefficient (Wildman–Crippen LogP) is 7.06. The zero-order valence-corrected chi connectivity index (χ0v) is 17.3. The maximum absolute atomic E-state index is 4.61. The highest BCUT2D eigenvalue weighted by Gasteiger charge is 2.14. The summed E-state index contributed by atoms with van der Waals surface area (Å²) in [5.41, 5.74) is 8.49. The average molecular weight is 409 g/mol. The molecule has 0 amide bonds. The quantitative estimate of drug-likeness (QED) is 0.237. The largest absolute Gasteiger partial charge is 0.353 e. The first-order chi connectivity index (χ1) is 14.8. The Labute approximate surface area is 178 Å². The van der Waals surface area contributed by atoms with Gasteiger partial charge in [0.1, 0.15) is 5.69 Å². The summed E-state index contributed by atoms with van der Waals surface area (Å²) in [4.78, 5) is 7.80. The Morgan fingerprint density at radius 1 is 1.10 bits per heavy atom. The molecule has 0 saturated carbocycles. The maximum Gasteiger partial charge on any atom is 0.116 e. The predicted molar refractivity (Wildman–Crippen MR) is 129 cm³/mol. The molecule has 146 valence electrons. The molecule has 3 heterocycles. The molecule has 5 aromatic rings. The molecule has 0 unspecified atom stereocenters. The van der Waals surface area contributed by atoms with Crippen molar-refractivity contribution in [2.24, 2.45) is 4.99 Å². The summed E-state index contributed by atoms with van der Waals surface area (Å²) in [7, 11) is 0. The van der Waals surface area contributed by atoms with Gasteiger partial charge >= 0.3 is 0 Å². The summed E-state index contributed by atoms with van der Waals surface area (Å²) in [6, 6.07) is 17.0. The van der Waals surface area contributed by atoms with Crippen molar-refractivity contribution in [1.82, 2.24) is 15.2 Å². The molecule has 0 aliphatic rings. The SMILES string of the molecule is C=C/C(=C\N=CC)c1ccc2[nH]nc(-c3cc4c(-c5ccsc5)cccc4[nH]3)c2c1. The number of rotatable bonds is 5. The standard InChI is InChI=1S/C25H20N4S/c1-3-16(14-26-4-2)17-8-9-23-21(12-17)25(29-28-23)24-13-20-19(18-10-11-30-15-18)6-5-7-22(20)27-24/h3-15,27H,1H2,2H3,(H,28,29)/b16-14+,26-4?. The van der Waals surface area contributed by atoms with Crippen molar-refractivity contribution < 1.29 is 0 Å². The third-order valence-electron chi connectivity index (χ3n) is 5.23. The van der Waals surface area contributed by atoms with Crippen LogP contribution >= 0.6 is 11.3 Å². The van der Waals surface area contributed by atoms with E-state index >= 15 is 0 Å². The molecule has 0 saturated heterocycles. The summed E-state index contributed by atoms with van der Waals surface area (Å²) < 4.78 is 0. The number of thiophene rings is 1. The average Bonchev–Trinajstić information content (AvgIpc) is 3.52. The van der Waals surface area contributed by atoms with Crippen molar-refractivity contribution in [3.63, 3.8) is 0 Å². The molecular formula is C25H20N4S.